The molecule has 2 N–H and O–H groups in total. The first kappa shape index (κ1) is 18.6. The summed E-state index contributed by atoms with van der Waals surface area (Å²) in [6.07, 6.45) is 6.68. The Morgan fingerprint density at radius 2 is 1.93 bits per heavy atom. The van der Waals surface area contributed by atoms with Crippen LogP contribution in [0.2, 0.25) is 0 Å². The molecule has 0 saturated heterocycles. The highest BCUT2D eigenvalue weighted by atomic mass is 32.1. The molecule has 144 valence electrons. The van der Waals surface area contributed by atoms with E-state index in [0.717, 1.165) is 21.5 Å². The van der Waals surface area contributed by atoms with E-state index in [9.17, 15) is 9.59 Å². The van der Waals surface area contributed by atoms with Crippen LogP contribution >= 0.6 is 11.3 Å². The number of carbonyl (C=O) groups excluding carboxylic acids is 2. The summed E-state index contributed by atoms with van der Waals surface area (Å²) in [5, 5.41) is 10.3. The van der Waals surface area contributed by atoms with Crippen LogP contribution in [0.4, 0.5) is 10.8 Å². The summed E-state index contributed by atoms with van der Waals surface area (Å²) >= 11 is 1.35. The number of hydrogen-bond donors (Lipinski definition) is 2. The molecule has 0 aliphatic carbocycles. The topological polar surface area (TPSA) is 88.9 Å². The zero-order valence-corrected chi connectivity index (χ0v) is 16.3. The maximum absolute atomic E-state index is 12.2. The van der Waals surface area contributed by atoms with Gasteiger partial charge in [-0.05, 0) is 36.4 Å². The summed E-state index contributed by atoms with van der Waals surface area (Å²) < 4.78 is 2.62. The second-order valence-corrected chi connectivity index (χ2v) is 7.29. The molecule has 4 rings (SSSR count). The molecule has 7 nitrogen and oxygen atoms in total. The maximum Gasteiger partial charge on any atom is 0.250 e. The summed E-state index contributed by atoms with van der Waals surface area (Å²) in [7, 11) is 0. The Hall–Kier alpha value is -3.78. The number of hydrogen-bond acceptors (Lipinski definition) is 5. The lowest BCUT2D eigenvalue weighted by molar-refractivity contribution is -0.114. The van der Waals surface area contributed by atoms with E-state index in [4.69, 9.17) is 0 Å². The SMILES string of the molecule is CC(=O)Nc1ccc2nc(NC(=O)/C=C/c3cnn(-c4ccccc4)c3)sc2c1. The molecular weight excluding hydrogens is 386 g/mol. The molecule has 0 fully saturated rings. The van der Waals surface area contributed by atoms with E-state index >= 15 is 0 Å². The molecule has 2 amide bonds. The number of nitrogens with zero attached hydrogens (tertiary/aromatic N) is 3. The van der Waals surface area contributed by atoms with Crippen molar-refractivity contribution >= 4 is 50.3 Å². The first-order chi connectivity index (χ1) is 14.1. The molecule has 4 aromatic rings. The Morgan fingerprint density at radius 1 is 1.10 bits per heavy atom. The fourth-order valence-corrected chi connectivity index (χ4v) is 3.63. The molecule has 0 unspecified atom stereocenters. The molecule has 29 heavy (non-hydrogen) atoms. The molecule has 8 heteroatoms. The number of nitrogens with one attached hydrogen (secondary N) is 2. The van der Waals surface area contributed by atoms with Crippen LogP contribution in [-0.4, -0.2) is 26.6 Å². The van der Waals surface area contributed by atoms with Crippen LogP contribution in [0, 0.1) is 0 Å². The average molecular weight is 403 g/mol. The van der Waals surface area contributed by atoms with Crippen LogP contribution in [0.25, 0.3) is 22.0 Å². The quantitative estimate of drug-likeness (QED) is 0.491. The number of fused-ring (bicyclic) bond motifs is 1. The number of rotatable bonds is 5. The standard InChI is InChI=1S/C21H17N5O2S/c1-14(27)23-16-8-9-18-19(11-16)29-21(24-18)25-20(28)10-7-15-12-22-26(13-15)17-5-3-2-4-6-17/h2-13H,1H3,(H,23,27)(H,24,25,28)/b10-7+. The Balaban J connectivity index is 1.43. The van der Waals surface area contributed by atoms with E-state index in [0.29, 0.717) is 10.8 Å². The lowest BCUT2D eigenvalue weighted by Gasteiger charge is -1.99. The number of anilines is 2. The Morgan fingerprint density at radius 3 is 2.72 bits per heavy atom. The van der Waals surface area contributed by atoms with Gasteiger partial charge in [0, 0.05) is 30.4 Å². The number of amides is 2. The van der Waals surface area contributed by atoms with E-state index < -0.39 is 0 Å². The van der Waals surface area contributed by atoms with Gasteiger partial charge in [-0.3, -0.25) is 14.9 Å². The van der Waals surface area contributed by atoms with Gasteiger partial charge in [0.2, 0.25) is 11.8 Å². The normalized spacial score (nSPS) is 11.1. The van der Waals surface area contributed by atoms with E-state index in [1.165, 1.54) is 24.3 Å². The molecule has 0 radical (unpaired) electrons. The van der Waals surface area contributed by atoms with Crippen molar-refractivity contribution in [2.24, 2.45) is 0 Å². The third kappa shape index (κ3) is 4.56. The minimum atomic E-state index is -0.279. The summed E-state index contributed by atoms with van der Waals surface area (Å²) in [6, 6.07) is 15.2. The van der Waals surface area contributed by atoms with Gasteiger partial charge in [-0.2, -0.15) is 5.10 Å². The lowest BCUT2D eigenvalue weighted by atomic mass is 10.3. The van der Waals surface area contributed by atoms with E-state index in [1.54, 1.807) is 29.1 Å². The van der Waals surface area contributed by atoms with Crippen molar-refractivity contribution in [3.05, 3.63) is 72.6 Å². The third-order valence-corrected chi connectivity index (χ3v) is 4.92. The monoisotopic (exact) mass is 403 g/mol. The summed E-state index contributed by atoms with van der Waals surface area (Å²) in [5.74, 6) is -0.415. The maximum atomic E-state index is 12.2. The molecule has 0 saturated carbocycles. The second kappa shape index (κ2) is 8.07. The second-order valence-electron chi connectivity index (χ2n) is 6.26. The van der Waals surface area contributed by atoms with Gasteiger partial charge >= 0.3 is 0 Å². The first-order valence-corrected chi connectivity index (χ1v) is 9.66. The van der Waals surface area contributed by atoms with Gasteiger partial charge in [-0.1, -0.05) is 29.5 Å². The van der Waals surface area contributed by atoms with Gasteiger partial charge in [-0.25, -0.2) is 9.67 Å². The van der Waals surface area contributed by atoms with Crippen LogP contribution in [0.5, 0.6) is 0 Å². The highest BCUT2D eigenvalue weighted by Gasteiger charge is 2.07. The van der Waals surface area contributed by atoms with Crippen molar-refractivity contribution in [1.29, 1.82) is 0 Å². The molecule has 0 aliphatic rings. The van der Waals surface area contributed by atoms with E-state index in [1.807, 2.05) is 42.6 Å². The van der Waals surface area contributed by atoms with Gasteiger partial charge < -0.3 is 5.32 Å². The molecule has 2 aromatic carbocycles. The fraction of sp³-hybridized carbons (Fsp3) is 0.0476. The molecule has 0 aliphatic heterocycles. The van der Waals surface area contributed by atoms with Gasteiger partial charge in [0.1, 0.15) is 0 Å². The molecule has 0 spiro atoms. The predicted octanol–water partition coefficient (Wildman–Crippen LogP) is 4.09. The molecular formula is C21H17N5O2S. The smallest absolute Gasteiger partial charge is 0.250 e. The van der Waals surface area contributed by atoms with Crippen molar-refractivity contribution in [3.8, 4) is 5.69 Å². The fourth-order valence-electron chi connectivity index (χ4n) is 2.72. The Kier molecular flexibility index (Phi) is 5.17. The zero-order chi connectivity index (χ0) is 20.2. The molecule has 2 heterocycles. The zero-order valence-electron chi connectivity index (χ0n) is 15.5. The van der Waals surface area contributed by atoms with Crippen LogP contribution in [0.1, 0.15) is 12.5 Å². The number of thiazole rings is 1. The largest absolute Gasteiger partial charge is 0.326 e. The van der Waals surface area contributed by atoms with Crippen molar-refractivity contribution < 1.29 is 9.59 Å². The number of benzene rings is 2. The molecule has 2 aromatic heterocycles. The Bertz CT molecular complexity index is 1210. The summed E-state index contributed by atoms with van der Waals surface area (Å²) in [5.41, 5.74) is 3.22. The van der Waals surface area contributed by atoms with Crippen LogP contribution < -0.4 is 10.6 Å². The highest BCUT2D eigenvalue weighted by molar-refractivity contribution is 7.22. The van der Waals surface area contributed by atoms with Crippen molar-refractivity contribution in [1.82, 2.24) is 14.8 Å². The minimum Gasteiger partial charge on any atom is -0.326 e. The molecule has 0 bridgehead atoms. The summed E-state index contributed by atoms with van der Waals surface area (Å²) in [6.45, 7) is 1.46. The van der Waals surface area contributed by atoms with Gasteiger partial charge in [0.05, 0.1) is 22.1 Å². The van der Waals surface area contributed by atoms with E-state index in [2.05, 4.69) is 20.7 Å². The third-order valence-electron chi connectivity index (χ3n) is 3.99. The average Bonchev–Trinajstić information content (AvgIpc) is 3.33. The number of para-hydroxylation sites is 1. The van der Waals surface area contributed by atoms with Crippen molar-refractivity contribution in [2.45, 2.75) is 6.92 Å². The van der Waals surface area contributed by atoms with Crippen LogP contribution in [0.15, 0.2) is 67.0 Å². The minimum absolute atomic E-state index is 0.136. The van der Waals surface area contributed by atoms with Crippen LogP contribution in [0.3, 0.4) is 0 Å². The van der Waals surface area contributed by atoms with E-state index in [-0.39, 0.29) is 11.8 Å². The van der Waals surface area contributed by atoms with Crippen molar-refractivity contribution in [3.63, 3.8) is 0 Å². The molecule has 0 atom stereocenters. The first-order valence-electron chi connectivity index (χ1n) is 8.84. The predicted molar refractivity (Wildman–Crippen MR) is 115 cm³/mol. The van der Waals surface area contributed by atoms with Gasteiger partial charge in [0.25, 0.3) is 0 Å². The highest BCUT2D eigenvalue weighted by Crippen LogP contribution is 2.28. The lowest BCUT2D eigenvalue weighted by Crippen LogP contribution is -2.07. The van der Waals surface area contributed by atoms with Gasteiger partial charge in [-0.15, -0.1) is 0 Å². The summed E-state index contributed by atoms with van der Waals surface area (Å²) in [4.78, 5) is 27.8. The number of aromatic nitrogens is 3. The van der Waals surface area contributed by atoms with Gasteiger partial charge in [0.15, 0.2) is 5.13 Å². The number of carbonyl (C=O) groups is 2. The van der Waals surface area contributed by atoms with Crippen LogP contribution in [-0.2, 0) is 9.59 Å². The van der Waals surface area contributed by atoms with Crippen molar-refractivity contribution in [2.75, 3.05) is 10.6 Å². The Labute approximate surface area is 170 Å².